The van der Waals surface area contributed by atoms with E-state index >= 15 is 0 Å². The first-order chi connectivity index (χ1) is 6.90. The van der Waals surface area contributed by atoms with Gasteiger partial charge in [-0.25, -0.2) is 4.79 Å². The molecule has 0 saturated carbocycles. The molecule has 0 aromatic heterocycles. The van der Waals surface area contributed by atoms with Gasteiger partial charge in [-0.2, -0.15) is 0 Å². The zero-order valence-corrected chi connectivity index (χ0v) is 10.8. The fourth-order valence-electron chi connectivity index (χ4n) is 1.25. The maximum Gasteiger partial charge on any atom is 0.409 e. The predicted molar refractivity (Wildman–Crippen MR) is 63.0 cm³/mol. The lowest BCUT2D eigenvalue weighted by atomic mass is 9.92. The molecule has 0 unspecified atom stereocenters. The minimum absolute atomic E-state index is 0.177. The number of nitrogens with zero attached hydrogens (tertiary/aromatic N) is 1. The molecular formula is C12H25NO2. The highest BCUT2D eigenvalue weighted by atomic mass is 16.6. The van der Waals surface area contributed by atoms with Gasteiger partial charge in [-0.15, -0.1) is 0 Å². The monoisotopic (exact) mass is 215 g/mol. The van der Waals surface area contributed by atoms with Gasteiger partial charge in [0, 0.05) is 13.1 Å². The Kier molecular flexibility index (Phi) is 6.37. The predicted octanol–water partition coefficient (Wildman–Crippen LogP) is 3.29. The molecule has 0 N–H and O–H groups in total. The Morgan fingerprint density at radius 3 is 2.20 bits per heavy atom. The third kappa shape index (κ3) is 7.23. The summed E-state index contributed by atoms with van der Waals surface area (Å²) in [7, 11) is 0. The summed E-state index contributed by atoms with van der Waals surface area (Å²) in [4.78, 5) is 13.4. The molecule has 0 aromatic rings. The summed E-state index contributed by atoms with van der Waals surface area (Å²) in [6, 6.07) is 0. The van der Waals surface area contributed by atoms with Crippen LogP contribution in [0.4, 0.5) is 4.79 Å². The van der Waals surface area contributed by atoms with Crippen molar-refractivity contribution in [2.45, 2.75) is 47.5 Å². The van der Waals surface area contributed by atoms with E-state index in [1.165, 1.54) is 0 Å². The van der Waals surface area contributed by atoms with Crippen LogP contribution in [-0.4, -0.2) is 30.7 Å². The van der Waals surface area contributed by atoms with Gasteiger partial charge in [0.2, 0.25) is 0 Å². The first-order valence-electron chi connectivity index (χ1n) is 5.82. The van der Waals surface area contributed by atoms with E-state index in [0.717, 1.165) is 25.9 Å². The smallest absolute Gasteiger partial charge is 0.409 e. The molecule has 3 nitrogen and oxygen atoms in total. The molecule has 0 spiro atoms. The number of hydrogen-bond acceptors (Lipinski definition) is 2. The first-order valence-corrected chi connectivity index (χ1v) is 5.82. The highest BCUT2D eigenvalue weighted by Crippen LogP contribution is 2.19. The molecule has 3 heteroatoms. The van der Waals surface area contributed by atoms with Gasteiger partial charge in [0.15, 0.2) is 0 Å². The van der Waals surface area contributed by atoms with Crippen LogP contribution < -0.4 is 0 Å². The Balaban J connectivity index is 4.09. The Labute approximate surface area is 93.8 Å². The van der Waals surface area contributed by atoms with Crippen molar-refractivity contribution in [3.05, 3.63) is 0 Å². The summed E-state index contributed by atoms with van der Waals surface area (Å²) in [5.41, 5.74) is 0.262. The number of ether oxygens (including phenoxy) is 1. The lowest BCUT2D eigenvalue weighted by Gasteiger charge is -2.25. The van der Waals surface area contributed by atoms with Crippen molar-refractivity contribution in [1.29, 1.82) is 0 Å². The molecule has 90 valence electrons. The van der Waals surface area contributed by atoms with E-state index in [1.807, 2.05) is 6.92 Å². The number of carbonyl (C=O) groups is 1. The molecule has 0 atom stereocenters. The largest absolute Gasteiger partial charge is 0.450 e. The van der Waals surface area contributed by atoms with Gasteiger partial charge < -0.3 is 9.64 Å². The normalized spacial score (nSPS) is 11.3. The van der Waals surface area contributed by atoms with E-state index in [4.69, 9.17) is 4.74 Å². The Bertz CT molecular complexity index is 185. The molecule has 15 heavy (non-hydrogen) atoms. The average Bonchev–Trinajstić information content (AvgIpc) is 2.11. The molecule has 0 aromatic carbocycles. The fourth-order valence-corrected chi connectivity index (χ4v) is 1.25. The van der Waals surface area contributed by atoms with Crippen molar-refractivity contribution < 1.29 is 9.53 Å². The van der Waals surface area contributed by atoms with Crippen molar-refractivity contribution >= 4 is 6.09 Å². The summed E-state index contributed by atoms with van der Waals surface area (Å²) in [5.74, 6) is 0. The second-order valence-corrected chi connectivity index (χ2v) is 5.00. The number of hydrogen-bond donors (Lipinski definition) is 0. The summed E-state index contributed by atoms with van der Waals surface area (Å²) in [5, 5.41) is 0. The summed E-state index contributed by atoms with van der Waals surface area (Å²) in [6.45, 7) is 12.5. The number of carbonyl (C=O) groups excluding carboxylic acids is 1. The minimum Gasteiger partial charge on any atom is -0.450 e. The summed E-state index contributed by atoms with van der Waals surface area (Å²) < 4.78 is 5.01. The van der Waals surface area contributed by atoms with Crippen LogP contribution in [0.2, 0.25) is 0 Å². The lowest BCUT2D eigenvalue weighted by molar-refractivity contribution is 0.102. The third-order valence-corrected chi connectivity index (χ3v) is 2.15. The molecule has 0 radical (unpaired) electrons. The van der Waals surface area contributed by atoms with Gasteiger partial charge in [-0.1, -0.05) is 27.7 Å². The first kappa shape index (κ1) is 14.3. The minimum atomic E-state index is -0.177. The van der Waals surface area contributed by atoms with Crippen molar-refractivity contribution in [2.75, 3.05) is 19.7 Å². The Morgan fingerprint density at radius 2 is 1.80 bits per heavy atom. The third-order valence-electron chi connectivity index (χ3n) is 2.15. The van der Waals surface area contributed by atoms with Crippen LogP contribution in [0.1, 0.15) is 47.5 Å². The van der Waals surface area contributed by atoms with E-state index in [0.29, 0.717) is 6.61 Å². The van der Waals surface area contributed by atoms with Crippen molar-refractivity contribution in [3.63, 3.8) is 0 Å². The van der Waals surface area contributed by atoms with Crippen molar-refractivity contribution in [3.8, 4) is 0 Å². The van der Waals surface area contributed by atoms with Gasteiger partial charge in [0.05, 0.1) is 6.61 Å². The molecule has 0 saturated heterocycles. The molecule has 0 aliphatic rings. The van der Waals surface area contributed by atoms with Crippen molar-refractivity contribution in [2.24, 2.45) is 5.41 Å². The Hall–Kier alpha value is -0.730. The standard InChI is InChI=1S/C12H25NO2/c1-6-9-13(11(14)15-7-2)10-8-12(3,4)5/h6-10H2,1-5H3. The van der Waals surface area contributed by atoms with E-state index in [2.05, 4.69) is 27.7 Å². The zero-order valence-electron chi connectivity index (χ0n) is 10.8. The van der Waals surface area contributed by atoms with E-state index in [9.17, 15) is 4.79 Å². The zero-order chi connectivity index (χ0) is 11.9. The van der Waals surface area contributed by atoms with Gasteiger partial charge in [0.1, 0.15) is 0 Å². The maximum absolute atomic E-state index is 11.6. The topological polar surface area (TPSA) is 29.5 Å². The van der Waals surface area contributed by atoms with Crippen LogP contribution in [-0.2, 0) is 4.74 Å². The van der Waals surface area contributed by atoms with Gasteiger partial charge in [-0.05, 0) is 25.2 Å². The average molecular weight is 215 g/mol. The molecular weight excluding hydrogens is 190 g/mol. The SMILES string of the molecule is CCCN(CCC(C)(C)C)C(=O)OCC. The van der Waals surface area contributed by atoms with Crippen LogP contribution in [0.15, 0.2) is 0 Å². The van der Waals surface area contributed by atoms with Gasteiger partial charge in [0.25, 0.3) is 0 Å². The quantitative estimate of drug-likeness (QED) is 0.704. The molecule has 0 heterocycles. The summed E-state index contributed by atoms with van der Waals surface area (Å²) >= 11 is 0. The van der Waals surface area contributed by atoms with Crippen LogP contribution >= 0.6 is 0 Å². The van der Waals surface area contributed by atoms with Crippen LogP contribution in [0.25, 0.3) is 0 Å². The van der Waals surface area contributed by atoms with Crippen LogP contribution in [0.5, 0.6) is 0 Å². The molecule has 0 aliphatic heterocycles. The molecule has 0 fully saturated rings. The van der Waals surface area contributed by atoms with Crippen LogP contribution in [0, 0.1) is 5.41 Å². The summed E-state index contributed by atoms with van der Waals surface area (Å²) in [6.07, 6.45) is 1.80. The van der Waals surface area contributed by atoms with Crippen molar-refractivity contribution in [1.82, 2.24) is 4.90 Å². The molecule has 0 aliphatic carbocycles. The number of rotatable bonds is 5. The van der Waals surface area contributed by atoms with Crippen LogP contribution in [0.3, 0.4) is 0 Å². The lowest BCUT2D eigenvalue weighted by Crippen LogP contribution is -2.34. The fraction of sp³-hybridized carbons (Fsp3) is 0.917. The van der Waals surface area contributed by atoms with E-state index in [1.54, 1.807) is 4.90 Å². The van der Waals surface area contributed by atoms with E-state index < -0.39 is 0 Å². The number of amides is 1. The highest BCUT2D eigenvalue weighted by Gasteiger charge is 2.17. The highest BCUT2D eigenvalue weighted by molar-refractivity contribution is 5.67. The Morgan fingerprint density at radius 1 is 1.20 bits per heavy atom. The van der Waals surface area contributed by atoms with Gasteiger partial charge >= 0.3 is 6.09 Å². The molecule has 1 amide bonds. The maximum atomic E-state index is 11.6. The van der Waals surface area contributed by atoms with E-state index in [-0.39, 0.29) is 11.5 Å². The molecule has 0 bridgehead atoms. The van der Waals surface area contributed by atoms with Gasteiger partial charge in [-0.3, -0.25) is 0 Å². The second-order valence-electron chi connectivity index (χ2n) is 5.00. The second kappa shape index (κ2) is 6.70. The molecule has 0 rings (SSSR count).